The summed E-state index contributed by atoms with van der Waals surface area (Å²) in [5, 5.41) is 0. The zero-order valence-corrected chi connectivity index (χ0v) is 15.0. The first-order valence-corrected chi connectivity index (χ1v) is 8.13. The third-order valence-corrected chi connectivity index (χ3v) is 4.78. The Morgan fingerprint density at radius 3 is 2.72 bits per heavy atom. The maximum absolute atomic E-state index is 13.0. The van der Waals surface area contributed by atoms with Gasteiger partial charge in [0.05, 0.1) is 12.2 Å². The van der Waals surface area contributed by atoms with Crippen LogP contribution in [0.1, 0.15) is 35.2 Å². The van der Waals surface area contributed by atoms with Gasteiger partial charge in [-0.3, -0.25) is 0 Å². The predicted octanol–water partition coefficient (Wildman–Crippen LogP) is 3.46. The Kier molecular flexibility index (Phi) is 5.89. The quantitative estimate of drug-likeness (QED) is 0.754. The zero-order chi connectivity index (χ0) is 17.5. The molecule has 4 nitrogen and oxygen atoms in total. The predicted molar refractivity (Wildman–Crippen MR) is 91.7 cm³/mol. The highest BCUT2D eigenvalue weighted by Crippen LogP contribution is 2.45. The summed E-state index contributed by atoms with van der Waals surface area (Å²) >= 11 is 0. The fraction of sp³-hybridized carbons (Fsp3) is 0.588. The third-order valence-electron chi connectivity index (χ3n) is 4.78. The number of likely N-dealkylation sites (N-methyl/N-ethyl adjacent to an activating group) is 1. The summed E-state index contributed by atoms with van der Waals surface area (Å²) in [7, 11) is 1.97. The van der Waals surface area contributed by atoms with E-state index in [4.69, 9.17) is 4.74 Å². The Morgan fingerprint density at radius 1 is 1.36 bits per heavy atom. The van der Waals surface area contributed by atoms with Crippen LogP contribution in [0.2, 0.25) is 0 Å². The van der Waals surface area contributed by atoms with Crippen molar-refractivity contribution in [2.75, 3.05) is 38.2 Å². The van der Waals surface area contributed by atoms with Gasteiger partial charge in [-0.15, -0.1) is 12.4 Å². The number of halogens is 4. The molecule has 0 bridgehead atoms. The van der Waals surface area contributed by atoms with Gasteiger partial charge >= 0.3 is 12.1 Å². The Hall–Kier alpha value is -1.47. The van der Waals surface area contributed by atoms with E-state index in [0.717, 1.165) is 12.1 Å². The lowest BCUT2D eigenvalue weighted by atomic mass is 9.88. The third kappa shape index (κ3) is 4.03. The number of fused-ring (bicyclic) bond motifs is 3. The highest BCUT2D eigenvalue weighted by molar-refractivity contribution is 5.90. The van der Waals surface area contributed by atoms with Crippen molar-refractivity contribution >= 4 is 24.1 Å². The zero-order valence-electron chi connectivity index (χ0n) is 14.2. The molecule has 0 radical (unpaired) electrons. The summed E-state index contributed by atoms with van der Waals surface area (Å²) in [5.74, 6) is -0.453. The normalized spacial score (nSPS) is 22.8. The van der Waals surface area contributed by atoms with Crippen molar-refractivity contribution in [2.45, 2.75) is 31.5 Å². The number of benzene rings is 1. The van der Waals surface area contributed by atoms with Crippen LogP contribution in [-0.4, -0.2) is 56.4 Å². The molecule has 0 saturated carbocycles. The minimum atomic E-state index is -4.25. The lowest BCUT2D eigenvalue weighted by molar-refractivity contribution is -0.120. The van der Waals surface area contributed by atoms with Crippen molar-refractivity contribution in [3.8, 4) is 0 Å². The van der Waals surface area contributed by atoms with Gasteiger partial charge in [-0.25, -0.2) is 4.79 Å². The molecule has 1 saturated heterocycles. The maximum atomic E-state index is 13.0. The molecule has 2 unspecified atom stereocenters. The van der Waals surface area contributed by atoms with Gasteiger partial charge in [-0.05, 0) is 50.7 Å². The van der Waals surface area contributed by atoms with Crippen LogP contribution in [0.25, 0.3) is 0 Å². The van der Waals surface area contributed by atoms with Gasteiger partial charge in [0, 0.05) is 24.2 Å². The molecule has 0 spiro atoms. The van der Waals surface area contributed by atoms with Crippen LogP contribution in [0.3, 0.4) is 0 Å². The molecule has 0 N–H and O–H groups in total. The second kappa shape index (κ2) is 7.41. The number of anilines is 1. The van der Waals surface area contributed by atoms with Gasteiger partial charge in [0.2, 0.25) is 0 Å². The molecule has 1 aromatic carbocycles. The molecule has 2 atom stereocenters. The van der Waals surface area contributed by atoms with Gasteiger partial charge in [0.1, 0.15) is 6.54 Å². The standard InChI is InChI=1S/C17H21F3N2O2.ClH/c1-3-24-16(23)11-4-5-14-12(8-11)13-9-21(2)7-6-15(13)22(14)10-17(18,19)20;/h4-5,8,13,15H,3,6-7,9-10H2,1-2H3;1H. The van der Waals surface area contributed by atoms with Crippen LogP contribution in [-0.2, 0) is 4.74 Å². The minimum absolute atomic E-state index is 0. The maximum Gasteiger partial charge on any atom is 0.405 e. The van der Waals surface area contributed by atoms with Gasteiger partial charge in [0.15, 0.2) is 0 Å². The van der Waals surface area contributed by atoms with Crippen molar-refractivity contribution in [1.82, 2.24) is 4.90 Å². The fourth-order valence-corrected chi connectivity index (χ4v) is 3.81. The number of hydrogen-bond acceptors (Lipinski definition) is 4. The van der Waals surface area contributed by atoms with Gasteiger partial charge in [-0.2, -0.15) is 13.2 Å². The molecule has 2 aliphatic heterocycles. The lowest BCUT2D eigenvalue weighted by Gasteiger charge is -2.37. The van der Waals surface area contributed by atoms with Crippen LogP contribution in [0.15, 0.2) is 18.2 Å². The number of rotatable bonds is 3. The minimum Gasteiger partial charge on any atom is -0.462 e. The van der Waals surface area contributed by atoms with E-state index >= 15 is 0 Å². The Bertz CT molecular complexity index is 639. The van der Waals surface area contributed by atoms with Gasteiger partial charge in [-0.1, -0.05) is 0 Å². The second-order valence-electron chi connectivity index (χ2n) is 6.46. The SMILES string of the molecule is CCOC(=O)c1ccc2c(c1)C1CN(C)CCC1N2CC(F)(F)F.Cl. The second-order valence-corrected chi connectivity index (χ2v) is 6.46. The number of ether oxygens (including phenoxy) is 1. The van der Waals surface area contributed by atoms with E-state index in [1.807, 2.05) is 7.05 Å². The molecule has 0 amide bonds. The summed E-state index contributed by atoms with van der Waals surface area (Å²) in [6.45, 7) is 2.50. The molecule has 1 aromatic rings. The summed E-state index contributed by atoms with van der Waals surface area (Å²) in [6.07, 6.45) is -3.57. The van der Waals surface area contributed by atoms with Crippen molar-refractivity contribution in [3.05, 3.63) is 29.3 Å². The molecular weight excluding hydrogens is 357 g/mol. The number of esters is 1. The van der Waals surface area contributed by atoms with Crippen LogP contribution >= 0.6 is 12.4 Å². The monoisotopic (exact) mass is 378 g/mol. The average molecular weight is 379 g/mol. The van der Waals surface area contributed by atoms with Crippen LogP contribution < -0.4 is 4.90 Å². The molecule has 2 heterocycles. The molecule has 140 valence electrons. The summed E-state index contributed by atoms with van der Waals surface area (Å²) in [6, 6.07) is 4.73. The molecular formula is C17H22ClF3N2O2. The Labute approximate surface area is 151 Å². The number of piperidine rings is 1. The molecule has 0 aliphatic carbocycles. The molecule has 0 aromatic heterocycles. The smallest absolute Gasteiger partial charge is 0.405 e. The van der Waals surface area contributed by atoms with Crippen molar-refractivity contribution < 1.29 is 22.7 Å². The van der Waals surface area contributed by atoms with Crippen LogP contribution in [0.5, 0.6) is 0 Å². The number of carbonyl (C=O) groups is 1. The first kappa shape index (κ1) is 19.8. The van der Waals surface area contributed by atoms with E-state index in [9.17, 15) is 18.0 Å². The highest BCUT2D eigenvalue weighted by Gasteiger charge is 2.45. The van der Waals surface area contributed by atoms with Crippen LogP contribution in [0.4, 0.5) is 18.9 Å². The van der Waals surface area contributed by atoms with Crippen molar-refractivity contribution in [2.24, 2.45) is 0 Å². The molecule has 2 aliphatic rings. The van der Waals surface area contributed by atoms with E-state index in [1.165, 1.54) is 4.90 Å². The summed E-state index contributed by atoms with van der Waals surface area (Å²) < 4.78 is 44.1. The number of hydrogen-bond donors (Lipinski definition) is 0. The molecule has 3 rings (SSSR count). The Morgan fingerprint density at radius 2 is 2.08 bits per heavy atom. The van der Waals surface area contributed by atoms with Crippen molar-refractivity contribution in [1.29, 1.82) is 0 Å². The topological polar surface area (TPSA) is 32.8 Å². The van der Waals surface area contributed by atoms with Gasteiger partial charge < -0.3 is 14.5 Å². The van der Waals surface area contributed by atoms with E-state index in [1.54, 1.807) is 25.1 Å². The molecule has 8 heteroatoms. The fourth-order valence-electron chi connectivity index (χ4n) is 3.81. The number of likely N-dealkylation sites (tertiary alicyclic amines) is 1. The number of alkyl halides is 3. The van der Waals surface area contributed by atoms with E-state index in [-0.39, 0.29) is 31.0 Å². The van der Waals surface area contributed by atoms with E-state index in [0.29, 0.717) is 24.2 Å². The summed E-state index contributed by atoms with van der Waals surface area (Å²) in [4.78, 5) is 15.5. The number of nitrogens with zero attached hydrogens (tertiary/aromatic N) is 2. The highest BCUT2D eigenvalue weighted by atomic mass is 35.5. The van der Waals surface area contributed by atoms with Crippen molar-refractivity contribution in [3.63, 3.8) is 0 Å². The van der Waals surface area contributed by atoms with Gasteiger partial charge in [0.25, 0.3) is 0 Å². The van der Waals surface area contributed by atoms with E-state index < -0.39 is 18.7 Å². The first-order valence-electron chi connectivity index (χ1n) is 8.13. The summed E-state index contributed by atoms with van der Waals surface area (Å²) in [5.41, 5.74) is 1.81. The Balaban J connectivity index is 0.00000225. The van der Waals surface area contributed by atoms with Crippen LogP contribution in [0, 0.1) is 0 Å². The lowest BCUT2D eigenvalue weighted by Crippen LogP contribution is -2.47. The largest absolute Gasteiger partial charge is 0.462 e. The molecule has 25 heavy (non-hydrogen) atoms. The first-order chi connectivity index (χ1) is 11.3. The number of carbonyl (C=O) groups excluding carboxylic acids is 1. The molecule has 1 fully saturated rings. The average Bonchev–Trinajstić information content (AvgIpc) is 2.79. The van der Waals surface area contributed by atoms with E-state index in [2.05, 4.69) is 4.90 Å².